The Labute approximate surface area is 119 Å². The van der Waals surface area contributed by atoms with Crippen LogP contribution in [0.2, 0.25) is 0 Å². The third kappa shape index (κ3) is 4.55. The summed E-state index contributed by atoms with van der Waals surface area (Å²) in [6.45, 7) is 4.85. The lowest BCUT2D eigenvalue weighted by molar-refractivity contribution is -0.117. The normalized spacial score (nSPS) is 20.2. The van der Waals surface area contributed by atoms with Crippen LogP contribution in [0.25, 0.3) is 0 Å². The highest BCUT2D eigenvalue weighted by Crippen LogP contribution is 2.19. The molecule has 0 aromatic heterocycles. The lowest BCUT2D eigenvalue weighted by Gasteiger charge is -2.30. The standard InChI is InChI=1S/C15H22N2OS/c1-12-5-4-8-17(10-12)11-15(18)16-13-6-3-7-14(9-13)19-2/h3,6-7,9,12H,4-5,8,10-11H2,1-2H3,(H,16,18). The van der Waals surface area contributed by atoms with E-state index >= 15 is 0 Å². The van der Waals surface area contributed by atoms with E-state index in [2.05, 4.69) is 17.1 Å². The second-order valence-electron chi connectivity index (χ2n) is 5.26. The number of nitrogens with one attached hydrogen (secondary N) is 1. The fourth-order valence-corrected chi connectivity index (χ4v) is 2.99. The van der Waals surface area contributed by atoms with Crippen LogP contribution in [0, 0.1) is 5.92 Å². The molecule has 3 nitrogen and oxygen atoms in total. The van der Waals surface area contributed by atoms with Crippen LogP contribution >= 0.6 is 11.8 Å². The van der Waals surface area contributed by atoms with Crippen LogP contribution in [-0.2, 0) is 4.79 Å². The number of carbonyl (C=O) groups excluding carboxylic acids is 1. The summed E-state index contributed by atoms with van der Waals surface area (Å²) in [7, 11) is 0. The molecule has 1 aromatic rings. The molecular weight excluding hydrogens is 256 g/mol. The van der Waals surface area contributed by atoms with Crippen LogP contribution in [0.1, 0.15) is 19.8 Å². The Kier molecular flexibility index (Phi) is 5.28. The van der Waals surface area contributed by atoms with E-state index in [-0.39, 0.29) is 5.91 Å². The lowest BCUT2D eigenvalue weighted by atomic mass is 10.0. The zero-order valence-electron chi connectivity index (χ0n) is 11.7. The van der Waals surface area contributed by atoms with Crippen molar-refractivity contribution in [2.24, 2.45) is 5.92 Å². The molecule has 1 unspecified atom stereocenters. The first-order valence-electron chi connectivity index (χ1n) is 6.83. The van der Waals surface area contributed by atoms with E-state index in [1.807, 2.05) is 30.5 Å². The molecule has 0 spiro atoms. The van der Waals surface area contributed by atoms with Crippen molar-refractivity contribution in [3.63, 3.8) is 0 Å². The van der Waals surface area contributed by atoms with Crippen LogP contribution in [0.3, 0.4) is 0 Å². The first-order valence-corrected chi connectivity index (χ1v) is 8.06. The number of hydrogen-bond acceptors (Lipinski definition) is 3. The van der Waals surface area contributed by atoms with Gasteiger partial charge in [0.15, 0.2) is 0 Å². The van der Waals surface area contributed by atoms with E-state index < -0.39 is 0 Å². The number of likely N-dealkylation sites (tertiary alicyclic amines) is 1. The van der Waals surface area contributed by atoms with Crippen LogP contribution in [0.5, 0.6) is 0 Å². The largest absolute Gasteiger partial charge is 0.325 e. The lowest BCUT2D eigenvalue weighted by Crippen LogP contribution is -2.39. The monoisotopic (exact) mass is 278 g/mol. The Balaban J connectivity index is 1.86. The first-order chi connectivity index (χ1) is 9.17. The van der Waals surface area contributed by atoms with Gasteiger partial charge in [0.1, 0.15) is 0 Å². The predicted molar refractivity (Wildman–Crippen MR) is 81.7 cm³/mol. The summed E-state index contributed by atoms with van der Waals surface area (Å²) in [6, 6.07) is 7.98. The molecule has 0 bridgehead atoms. The first kappa shape index (κ1) is 14.4. The number of anilines is 1. The molecule has 19 heavy (non-hydrogen) atoms. The number of piperidine rings is 1. The maximum Gasteiger partial charge on any atom is 0.238 e. The van der Waals surface area contributed by atoms with Crippen molar-refractivity contribution in [2.45, 2.75) is 24.7 Å². The van der Waals surface area contributed by atoms with Crippen molar-refractivity contribution in [3.8, 4) is 0 Å². The molecule has 1 N–H and O–H groups in total. The van der Waals surface area contributed by atoms with Crippen molar-refractivity contribution < 1.29 is 4.79 Å². The third-order valence-electron chi connectivity index (χ3n) is 3.46. The van der Waals surface area contributed by atoms with Crippen molar-refractivity contribution >= 4 is 23.4 Å². The molecule has 2 rings (SSSR count). The zero-order valence-corrected chi connectivity index (χ0v) is 12.5. The zero-order chi connectivity index (χ0) is 13.7. The van der Waals surface area contributed by atoms with Gasteiger partial charge in [0.2, 0.25) is 5.91 Å². The van der Waals surface area contributed by atoms with Gasteiger partial charge < -0.3 is 5.32 Å². The van der Waals surface area contributed by atoms with Gasteiger partial charge >= 0.3 is 0 Å². The molecule has 0 aliphatic carbocycles. The topological polar surface area (TPSA) is 32.3 Å². The molecule has 1 saturated heterocycles. The average Bonchev–Trinajstić information content (AvgIpc) is 2.38. The number of thioether (sulfide) groups is 1. The summed E-state index contributed by atoms with van der Waals surface area (Å²) in [4.78, 5) is 15.5. The van der Waals surface area contributed by atoms with E-state index in [0.717, 1.165) is 18.8 Å². The van der Waals surface area contributed by atoms with Crippen LogP contribution in [-0.4, -0.2) is 36.7 Å². The van der Waals surface area contributed by atoms with Gasteiger partial charge in [0, 0.05) is 17.1 Å². The molecular formula is C15H22N2OS. The van der Waals surface area contributed by atoms with Gasteiger partial charge in [-0.1, -0.05) is 13.0 Å². The minimum Gasteiger partial charge on any atom is -0.325 e. The maximum absolute atomic E-state index is 12.0. The number of amides is 1. The van der Waals surface area contributed by atoms with Crippen LogP contribution in [0.4, 0.5) is 5.69 Å². The fraction of sp³-hybridized carbons (Fsp3) is 0.533. The van der Waals surface area contributed by atoms with Crippen molar-refractivity contribution in [3.05, 3.63) is 24.3 Å². The molecule has 1 amide bonds. The second kappa shape index (κ2) is 6.96. The van der Waals surface area contributed by atoms with E-state index in [0.29, 0.717) is 12.5 Å². The molecule has 4 heteroatoms. The van der Waals surface area contributed by atoms with Crippen molar-refractivity contribution in [2.75, 3.05) is 31.2 Å². The summed E-state index contributed by atoms with van der Waals surface area (Å²) in [5, 5.41) is 2.98. The molecule has 1 heterocycles. The molecule has 1 atom stereocenters. The highest BCUT2D eigenvalue weighted by atomic mass is 32.2. The molecule has 1 aromatic carbocycles. The van der Waals surface area contributed by atoms with E-state index in [1.54, 1.807) is 11.8 Å². The van der Waals surface area contributed by atoms with Crippen molar-refractivity contribution in [1.82, 2.24) is 4.90 Å². The number of hydrogen-bond donors (Lipinski definition) is 1. The second-order valence-corrected chi connectivity index (χ2v) is 6.14. The predicted octanol–water partition coefficient (Wildman–Crippen LogP) is 3.08. The van der Waals surface area contributed by atoms with Gasteiger partial charge in [-0.3, -0.25) is 9.69 Å². The van der Waals surface area contributed by atoms with Gasteiger partial charge in [-0.15, -0.1) is 11.8 Å². The highest BCUT2D eigenvalue weighted by Gasteiger charge is 2.18. The van der Waals surface area contributed by atoms with Gasteiger partial charge in [-0.05, 0) is 49.8 Å². The number of nitrogens with zero attached hydrogens (tertiary/aromatic N) is 1. The number of rotatable bonds is 4. The Morgan fingerprint density at radius 3 is 3.11 bits per heavy atom. The quantitative estimate of drug-likeness (QED) is 0.859. The minimum absolute atomic E-state index is 0.0901. The molecule has 0 saturated carbocycles. The molecule has 1 aliphatic heterocycles. The number of carbonyl (C=O) groups is 1. The van der Waals surface area contributed by atoms with Crippen molar-refractivity contribution in [1.29, 1.82) is 0 Å². The third-order valence-corrected chi connectivity index (χ3v) is 4.19. The molecule has 1 fully saturated rings. The SMILES string of the molecule is CSc1cccc(NC(=O)CN2CCCC(C)C2)c1. The smallest absolute Gasteiger partial charge is 0.238 e. The van der Waals surface area contributed by atoms with Crippen LogP contribution < -0.4 is 5.32 Å². The Morgan fingerprint density at radius 2 is 2.37 bits per heavy atom. The summed E-state index contributed by atoms with van der Waals surface area (Å²) >= 11 is 1.68. The van der Waals surface area contributed by atoms with E-state index in [9.17, 15) is 4.79 Å². The molecule has 104 valence electrons. The summed E-state index contributed by atoms with van der Waals surface area (Å²) in [5.74, 6) is 0.800. The van der Waals surface area contributed by atoms with Gasteiger partial charge in [-0.25, -0.2) is 0 Å². The highest BCUT2D eigenvalue weighted by molar-refractivity contribution is 7.98. The van der Waals surface area contributed by atoms with Gasteiger partial charge in [-0.2, -0.15) is 0 Å². The van der Waals surface area contributed by atoms with Crippen LogP contribution in [0.15, 0.2) is 29.2 Å². The Hall–Kier alpha value is -1.00. The van der Waals surface area contributed by atoms with E-state index in [4.69, 9.17) is 0 Å². The van der Waals surface area contributed by atoms with Gasteiger partial charge in [0.25, 0.3) is 0 Å². The fourth-order valence-electron chi connectivity index (χ4n) is 2.53. The summed E-state index contributed by atoms with van der Waals surface area (Å²) in [5.41, 5.74) is 0.891. The summed E-state index contributed by atoms with van der Waals surface area (Å²) < 4.78 is 0. The maximum atomic E-state index is 12.0. The molecule has 1 aliphatic rings. The number of benzene rings is 1. The minimum atomic E-state index is 0.0901. The van der Waals surface area contributed by atoms with E-state index in [1.165, 1.54) is 17.7 Å². The molecule has 0 radical (unpaired) electrons. The average molecular weight is 278 g/mol. The van der Waals surface area contributed by atoms with Gasteiger partial charge in [0.05, 0.1) is 6.54 Å². The Bertz CT molecular complexity index is 436. The Morgan fingerprint density at radius 1 is 1.53 bits per heavy atom. The summed E-state index contributed by atoms with van der Waals surface area (Å²) in [6.07, 6.45) is 4.53.